The quantitative estimate of drug-likeness (QED) is 0.582. The Bertz CT molecular complexity index is 1030. The van der Waals surface area contributed by atoms with Gasteiger partial charge < -0.3 is 0 Å². The summed E-state index contributed by atoms with van der Waals surface area (Å²) in [6, 6.07) is 17.4. The molecule has 0 saturated carbocycles. The molecule has 0 saturated heterocycles. The summed E-state index contributed by atoms with van der Waals surface area (Å²) in [7, 11) is 0. The Morgan fingerprint density at radius 3 is 2.38 bits per heavy atom. The third-order valence-corrected chi connectivity index (χ3v) is 4.02. The van der Waals surface area contributed by atoms with Crippen LogP contribution in [0.5, 0.6) is 0 Å². The van der Waals surface area contributed by atoms with Crippen LogP contribution < -0.4 is 5.56 Å². The van der Waals surface area contributed by atoms with Crippen molar-refractivity contribution < 1.29 is 0 Å². The summed E-state index contributed by atoms with van der Waals surface area (Å²) in [4.78, 5) is 12.8. The lowest BCUT2D eigenvalue weighted by atomic mass is 10.1. The van der Waals surface area contributed by atoms with E-state index in [1.54, 1.807) is 0 Å². The van der Waals surface area contributed by atoms with Crippen LogP contribution in [0.3, 0.4) is 0 Å². The molecule has 0 amide bonds. The van der Waals surface area contributed by atoms with E-state index < -0.39 is 0 Å². The molecular formula is C19H18N4O. The van der Waals surface area contributed by atoms with Gasteiger partial charge in [-0.05, 0) is 24.1 Å². The van der Waals surface area contributed by atoms with E-state index in [1.807, 2.05) is 59.3 Å². The summed E-state index contributed by atoms with van der Waals surface area (Å²) in [6.07, 6.45) is 0. The van der Waals surface area contributed by atoms with Gasteiger partial charge in [-0.3, -0.25) is 9.48 Å². The Balaban J connectivity index is 2.06. The van der Waals surface area contributed by atoms with Gasteiger partial charge in [0.15, 0.2) is 5.69 Å². The van der Waals surface area contributed by atoms with Gasteiger partial charge in [-0.15, -0.1) is 0 Å². The van der Waals surface area contributed by atoms with E-state index in [-0.39, 0.29) is 5.56 Å². The molecule has 0 aliphatic carbocycles. The molecule has 0 bridgehead atoms. The van der Waals surface area contributed by atoms with Crippen LogP contribution in [0.25, 0.3) is 28.0 Å². The number of nitrogens with zero attached hydrogens (tertiary/aromatic N) is 4. The molecule has 0 aromatic heterocycles. The lowest BCUT2D eigenvalue weighted by Gasteiger charge is -2.13. The topological polar surface area (TPSA) is 52.7 Å². The highest BCUT2D eigenvalue weighted by Crippen LogP contribution is 2.26. The first-order valence-corrected chi connectivity index (χ1v) is 8.09. The molecule has 5 heteroatoms. The zero-order valence-electron chi connectivity index (χ0n) is 13.7. The van der Waals surface area contributed by atoms with Crippen molar-refractivity contribution in [3.05, 3.63) is 65.0 Å². The van der Waals surface area contributed by atoms with Gasteiger partial charge in [0, 0.05) is 11.9 Å². The largest absolute Gasteiger partial charge is 0.301 e. The van der Waals surface area contributed by atoms with Crippen LogP contribution >= 0.6 is 0 Å². The molecule has 0 unspecified atom stereocenters. The molecule has 0 fully saturated rings. The van der Waals surface area contributed by atoms with Crippen LogP contribution in [0.15, 0.2) is 59.4 Å². The lowest BCUT2D eigenvalue weighted by molar-refractivity contribution is 0.491. The van der Waals surface area contributed by atoms with Gasteiger partial charge in [0.1, 0.15) is 5.69 Å². The van der Waals surface area contributed by atoms with Crippen molar-refractivity contribution in [1.82, 2.24) is 19.6 Å². The molecule has 0 atom stereocenters. The molecule has 2 aromatic rings. The Hall–Kier alpha value is -2.95. The average Bonchev–Trinajstić information content (AvgIpc) is 2.93. The van der Waals surface area contributed by atoms with Crippen molar-refractivity contribution in [2.45, 2.75) is 20.4 Å². The summed E-state index contributed by atoms with van der Waals surface area (Å²) >= 11 is 0. The minimum absolute atomic E-state index is 0.181. The van der Waals surface area contributed by atoms with Crippen molar-refractivity contribution in [3.8, 4) is 17.1 Å². The first-order valence-electron chi connectivity index (χ1n) is 8.09. The maximum Gasteiger partial charge on any atom is 0.301 e. The molecule has 5 nitrogen and oxygen atoms in total. The van der Waals surface area contributed by atoms with Gasteiger partial charge in [-0.1, -0.05) is 50.2 Å². The molecule has 2 heterocycles. The standard InChI is InChI=1S/C19H18N4O/c1-13(2)12-22-16-11-7-6-10-15(16)17-18(20-22)19(24)23(21-17)14-8-4-3-5-9-14/h3-11,13H,12H2,1-2H3. The van der Waals surface area contributed by atoms with E-state index in [0.717, 1.165) is 23.1 Å². The Labute approximate surface area is 139 Å². The second kappa shape index (κ2) is 5.60. The molecular weight excluding hydrogens is 300 g/mol. The van der Waals surface area contributed by atoms with Crippen molar-refractivity contribution in [3.63, 3.8) is 0 Å². The molecule has 0 radical (unpaired) electrons. The van der Waals surface area contributed by atoms with Gasteiger partial charge in [-0.2, -0.15) is 14.9 Å². The van der Waals surface area contributed by atoms with Gasteiger partial charge in [0.05, 0.1) is 11.2 Å². The van der Waals surface area contributed by atoms with Gasteiger partial charge in [0.25, 0.3) is 0 Å². The van der Waals surface area contributed by atoms with Crippen LogP contribution in [-0.2, 0) is 6.54 Å². The maximum absolute atomic E-state index is 12.8. The third kappa shape index (κ3) is 2.29. The molecule has 0 spiro atoms. The summed E-state index contributed by atoms with van der Waals surface area (Å²) in [5.41, 5.74) is 2.63. The molecule has 4 rings (SSSR count). The highest BCUT2D eigenvalue weighted by atomic mass is 16.1. The number of hydrogen-bond donors (Lipinski definition) is 0. The monoisotopic (exact) mass is 318 g/mol. The summed E-state index contributed by atoms with van der Waals surface area (Å²) in [5.74, 6) is 0.433. The predicted octanol–water partition coefficient (Wildman–Crippen LogP) is 3.34. The number of benzene rings is 2. The minimum Gasteiger partial charge on any atom is -0.265 e. The Morgan fingerprint density at radius 2 is 1.62 bits per heavy atom. The first kappa shape index (κ1) is 14.6. The molecule has 24 heavy (non-hydrogen) atoms. The van der Waals surface area contributed by atoms with Crippen molar-refractivity contribution in [2.75, 3.05) is 0 Å². The molecule has 2 aliphatic rings. The van der Waals surface area contributed by atoms with E-state index in [0.29, 0.717) is 17.3 Å². The van der Waals surface area contributed by atoms with E-state index in [2.05, 4.69) is 24.0 Å². The van der Waals surface area contributed by atoms with Crippen molar-refractivity contribution >= 4 is 10.9 Å². The van der Waals surface area contributed by atoms with Crippen LogP contribution in [0.4, 0.5) is 0 Å². The normalized spacial score (nSPS) is 11.6. The second-order valence-electron chi connectivity index (χ2n) is 6.34. The smallest absolute Gasteiger partial charge is 0.265 e. The van der Waals surface area contributed by atoms with E-state index in [9.17, 15) is 4.79 Å². The number of hydrogen-bond acceptors (Lipinski definition) is 3. The highest BCUT2D eigenvalue weighted by Gasteiger charge is 2.22. The maximum atomic E-state index is 12.8. The van der Waals surface area contributed by atoms with Gasteiger partial charge >= 0.3 is 5.56 Å². The molecule has 2 aliphatic heterocycles. The van der Waals surface area contributed by atoms with Crippen molar-refractivity contribution in [1.29, 1.82) is 0 Å². The lowest BCUT2D eigenvalue weighted by Crippen LogP contribution is -2.18. The third-order valence-electron chi connectivity index (χ3n) is 4.02. The van der Waals surface area contributed by atoms with Gasteiger partial charge in [-0.25, -0.2) is 0 Å². The molecule has 120 valence electrons. The molecule has 2 aromatic carbocycles. The van der Waals surface area contributed by atoms with Crippen LogP contribution in [0.1, 0.15) is 13.8 Å². The van der Waals surface area contributed by atoms with Crippen molar-refractivity contribution in [2.24, 2.45) is 5.92 Å². The Morgan fingerprint density at radius 1 is 0.917 bits per heavy atom. The summed E-state index contributed by atoms with van der Waals surface area (Å²) in [5, 5.41) is 10.1. The fourth-order valence-electron chi connectivity index (χ4n) is 2.97. The van der Waals surface area contributed by atoms with E-state index in [1.165, 1.54) is 4.68 Å². The number of para-hydroxylation sites is 2. The summed E-state index contributed by atoms with van der Waals surface area (Å²) < 4.78 is 3.35. The zero-order chi connectivity index (χ0) is 16.7. The van der Waals surface area contributed by atoms with Crippen LogP contribution in [0, 0.1) is 5.92 Å². The summed E-state index contributed by atoms with van der Waals surface area (Å²) in [6.45, 7) is 5.03. The number of fused-ring (bicyclic) bond motifs is 3. The fourth-order valence-corrected chi connectivity index (χ4v) is 2.97. The second-order valence-corrected chi connectivity index (χ2v) is 6.34. The van der Waals surface area contributed by atoms with E-state index >= 15 is 0 Å². The van der Waals surface area contributed by atoms with Crippen LogP contribution in [-0.4, -0.2) is 19.6 Å². The van der Waals surface area contributed by atoms with Crippen LogP contribution in [0.2, 0.25) is 0 Å². The Kier molecular flexibility index (Phi) is 3.41. The number of rotatable bonds is 3. The predicted molar refractivity (Wildman–Crippen MR) is 94.6 cm³/mol. The number of aromatic nitrogens is 4. The molecule has 0 N–H and O–H groups in total. The SMILES string of the molecule is CC(C)Cn1nc2c(=O)n(-c3ccccc3)nc-2c2ccccc21. The van der Waals surface area contributed by atoms with E-state index in [4.69, 9.17) is 0 Å². The zero-order valence-corrected chi connectivity index (χ0v) is 13.7. The fraction of sp³-hybridized carbons (Fsp3) is 0.211. The minimum atomic E-state index is -0.181. The highest BCUT2D eigenvalue weighted by molar-refractivity contribution is 5.92. The van der Waals surface area contributed by atoms with Gasteiger partial charge in [0.2, 0.25) is 0 Å². The first-order chi connectivity index (χ1) is 11.6. The average molecular weight is 318 g/mol.